The van der Waals surface area contributed by atoms with E-state index in [1.165, 1.54) is 28.9 Å². The zero-order valence-electron chi connectivity index (χ0n) is 12.1. The minimum absolute atomic E-state index is 0.155. The maximum Gasteiger partial charge on any atom is 0.261 e. The van der Waals surface area contributed by atoms with Crippen LogP contribution in [0.3, 0.4) is 0 Å². The van der Waals surface area contributed by atoms with E-state index >= 15 is 0 Å². The Hall–Kier alpha value is -2.73. The Bertz CT molecular complexity index is 847. The highest BCUT2D eigenvalue weighted by Crippen LogP contribution is 2.24. The van der Waals surface area contributed by atoms with Gasteiger partial charge < -0.3 is 5.32 Å². The van der Waals surface area contributed by atoms with Gasteiger partial charge in [0.25, 0.3) is 5.91 Å². The predicted molar refractivity (Wildman–Crippen MR) is 85.5 cm³/mol. The summed E-state index contributed by atoms with van der Waals surface area (Å²) in [6.45, 7) is 1.68. The van der Waals surface area contributed by atoms with E-state index in [9.17, 15) is 9.18 Å². The van der Waals surface area contributed by atoms with Gasteiger partial charge in [-0.3, -0.25) is 4.79 Å². The van der Waals surface area contributed by atoms with Crippen LogP contribution >= 0.6 is 11.6 Å². The first-order chi connectivity index (χ1) is 11.1. The van der Waals surface area contributed by atoms with Gasteiger partial charge in [0, 0.05) is 6.20 Å². The molecule has 0 aliphatic rings. The molecule has 0 bridgehead atoms. The molecule has 0 aliphatic carbocycles. The zero-order chi connectivity index (χ0) is 16.4. The van der Waals surface area contributed by atoms with Crippen LogP contribution in [0.5, 0.6) is 0 Å². The van der Waals surface area contributed by atoms with Gasteiger partial charge in [-0.1, -0.05) is 17.7 Å². The largest absolute Gasteiger partial charge is 0.306 e. The molecule has 1 N–H and O–H groups in total. The Balaban J connectivity index is 1.94. The third-order valence-electron chi connectivity index (χ3n) is 3.21. The number of benzene rings is 1. The summed E-state index contributed by atoms with van der Waals surface area (Å²) in [6.07, 6.45) is 1.58. The highest BCUT2D eigenvalue weighted by atomic mass is 35.5. The van der Waals surface area contributed by atoms with Crippen LogP contribution in [0.1, 0.15) is 16.1 Å². The Morgan fingerprint density at radius 1 is 1.22 bits per heavy atom. The van der Waals surface area contributed by atoms with Gasteiger partial charge in [0.05, 0.1) is 11.4 Å². The number of amides is 1. The molecule has 0 saturated heterocycles. The minimum atomic E-state index is -0.403. The molecule has 5 nitrogen and oxygen atoms in total. The van der Waals surface area contributed by atoms with E-state index in [-0.39, 0.29) is 16.5 Å². The molecule has 0 radical (unpaired) electrons. The number of rotatable bonds is 3. The summed E-state index contributed by atoms with van der Waals surface area (Å²) in [5, 5.41) is 7.07. The average Bonchev–Trinajstić information content (AvgIpc) is 2.84. The number of anilines is 1. The fraction of sp³-hybridized carbons (Fsp3) is 0.0625. The number of pyridine rings is 1. The summed E-state index contributed by atoms with van der Waals surface area (Å²) < 4.78 is 14.4. The SMILES string of the molecule is Cc1nn(-c2ccc(F)cc2)c(Cl)c1C(=O)Nc1ccccn1. The molecule has 0 atom stereocenters. The van der Waals surface area contributed by atoms with Crippen LogP contribution in [0.15, 0.2) is 48.7 Å². The fourth-order valence-electron chi connectivity index (χ4n) is 2.13. The fourth-order valence-corrected chi connectivity index (χ4v) is 2.48. The average molecular weight is 331 g/mol. The molecular formula is C16H12ClFN4O. The molecule has 116 valence electrons. The highest BCUT2D eigenvalue weighted by Gasteiger charge is 2.21. The first kappa shape index (κ1) is 15.2. The Morgan fingerprint density at radius 3 is 2.61 bits per heavy atom. The van der Waals surface area contributed by atoms with Crippen molar-refractivity contribution in [3.63, 3.8) is 0 Å². The van der Waals surface area contributed by atoms with Crippen LogP contribution in [0.4, 0.5) is 10.2 Å². The van der Waals surface area contributed by atoms with E-state index < -0.39 is 5.91 Å². The summed E-state index contributed by atoms with van der Waals surface area (Å²) in [7, 11) is 0. The second-order valence-electron chi connectivity index (χ2n) is 4.81. The quantitative estimate of drug-likeness (QED) is 0.798. The van der Waals surface area contributed by atoms with Gasteiger partial charge >= 0.3 is 0 Å². The van der Waals surface area contributed by atoms with Crippen molar-refractivity contribution in [1.82, 2.24) is 14.8 Å². The number of halogens is 2. The van der Waals surface area contributed by atoms with Crippen molar-refractivity contribution >= 4 is 23.3 Å². The molecule has 3 rings (SSSR count). The number of nitrogens with zero attached hydrogens (tertiary/aromatic N) is 3. The Morgan fingerprint density at radius 2 is 1.96 bits per heavy atom. The smallest absolute Gasteiger partial charge is 0.261 e. The van der Waals surface area contributed by atoms with Crippen molar-refractivity contribution in [3.8, 4) is 5.69 Å². The van der Waals surface area contributed by atoms with E-state index in [4.69, 9.17) is 11.6 Å². The van der Waals surface area contributed by atoms with E-state index in [1.54, 1.807) is 31.3 Å². The lowest BCUT2D eigenvalue weighted by molar-refractivity contribution is 0.102. The topological polar surface area (TPSA) is 59.8 Å². The van der Waals surface area contributed by atoms with Crippen LogP contribution in [-0.4, -0.2) is 20.7 Å². The monoisotopic (exact) mass is 330 g/mol. The van der Waals surface area contributed by atoms with Crippen molar-refractivity contribution in [2.24, 2.45) is 0 Å². The van der Waals surface area contributed by atoms with Crippen molar-refractivity contribution in [2.75, 3.05) is 5.32 Å². The van der Waals surface area contributed by atoms with Gasteiger partial charge in [0.15, 0.2) is 0 Å². The molecule has 0 unspecified atom stereocenters. The van der Waals surface area contributed by atoms with Crippen LogP contribution in [0.25, 0.3) is 5.69 Å². The van der Waals surface area contributed by atoms with Gasteiger partial charge in [-0.05, 0) is 43.3 Å². The summed E-state index contributed by atoms with van der Waals surface area (Å²) in [6, 6.07) is 10.9. The lowest BCUT2D eigenvalue weighted by Gasteiger charge is -2.05. The maximum absolute atomic E-state index is 13.0. The normalized spacial score (nSPS) is 10.6. The standard InChI is InChI=1S/C16H12ClFN4O/c1-10-14(16(23)20-13-4-2-3-9-19-13)15(17)22(21-10)12-7-5-11(18)6-8-12/h2-9H,1H3,(H,19,20,23). The van der Waals surface area contributed by atoms with Crippen LogP contribution in [0, 0.1) is 12.7 Å². The lowest BCUT2D eigenvalue weighted by Crippen LogP contribution is -2.14. The second-order valence-corrected chi connectivity index (χ2v) is 5.17. The van der Waals surface area contributed by atoms with E-state index in [0.29, 0.717) is 17.2 Å². The number of hydrogen-bond donors (Lipinski definition) is 1. The van der Waals surface area contributed by atoms with Gasteiger partial charge in [-0.25, -0.2) is 14.1 Å². The molecule has 1 aromatic carbocycles. The number of hydrogen-bond acceptors (Lipinski definition) is 3. The molecule has 1 amide bonds. The van der Waals surface area contributed by atoms with Crippen molar-refractivity contribution < 1.29 is 9.18 Å². The molecule has 0 saturated carbocycles. The Labute approximate surface area is 136 Å². The first-order valence-electron chi connectivity index (χ1n) is 6.79. The summed E-state index contributed by atoms with van der Waals surface area (Å²) in [5.74, 6) is -0.344. The number of aryl methyl sites for hydroxylation is 1. The molecule has 2 aromatic heterocycles. The van der Waals surface area contributed by atoms with Gasteiger partial charge in [-0.2, -0.15) is 5.10 Å². The Kier molecular flexibility index (Phi) is 4.08. The number of carbonyl (C=O) groups excluding carboxylic acids is 1. The summed E-state index contributed by atoms with van der Waals surface area (Å²) >= 11 is 6.29. The minimum Gasteiger partial charge on any atom is -0.306 e. The summed E-state index contributed by atoms with van der Waals surface area (Å²) in [4.78, 5) is 16.4. The van der Waals surface area contributed by atoms with Gasteiger partial charge in [0.2, 0.25) is 0 Å². The molecule has 0 spiro atoms. The molecule has 3 aromatic rings. The predicted octanol–water partition coefficient (Wildman–Crippen LogP) is 3.62. The molecule has 7 heteroatoms. The second kappa shape index (κ2) is 6.18. The number of nitrogens with one attached hydrogen (secondary N) is 1. The van der Waals surface area contributed by atoms with Crippen molar-refractivity contribution in [3.05, 3.63) is 70.9 Å². The van der Waals surface area contributed by atoms with Crippen LogP contribution in [0.2, 0.25) is 5.15 Å². The zero-order valence-corrected chi connectivity index (χ0v) is 12.9. The van der Waals surface area contributed by atoms with Crippen molar-refractivity contribution in [2.45, 2.75) is 6.92 Å². The molecule has 2 heterocycles. The summed E-state index contributed by atoms with van der Waals surface area (Å²) in [5.41, 5.74) is 1.28. The van der Waals surface area contributed by atoms with Crippen LogP contribution < -0.4 is 5.32 Å². The van der Waals surface area contributed by atoms with Crippen LogP contribution in [-0.2, 0) is 0 Å². The highest BCUT2D eigenvalue weighted by molar-refractivity contribution is 6.34. The van der Waals surface area contributed by atoms with E-state index in [0.717, 1.165) is 0 Å². The molecular weight excluding hydrogens is 319 g/mol. The molecule has 0 fully saturated rings. The third-order valence-corrected chi connectivity index (χ3v) is 3.56. The number of aromatic nitrogens is 3. The van der Waals surface area contributed by atoms with E-state index in [1.807, 2.05) is 0 Å². The lowest BCUT2D eigenvalue weighted by atomic mass is 10.2. The third kappa shape index (κ3) is 3.07. The molecule has 0 aliphatic heterocycles. The van der Waals surface area contributed by atoms with Gasteiger partial charge in [-0.15, -0.1) is 0 Å². The first-order valence-corrected chi connectivity index (χ1v) is 7.17. The number of carbonyl (C=O) groups is 1. The van der Waals surface area contributed by atoms with Gasteiger partial charge in [0.1, 0.15) is 22.4 Å². The maximum atomic E-state index is 13.0. The molecule has 23 heavy (non-hydrogen) atoms. The van der Waals surface area contributed by atoms with E-state index in [2.05, 4.69) is 15.4 Å². The van der Waals surface area contributed by atoms with Crippen molar-refractivity contribution in [1.29, 1.82) is 0 Å².